The van der Waals surface area contributed by atoms with Crippen LogP contribution in [0.25, 0.3) is 0 Å². The number of rotatable bonds is 4. The lowest BCUT2D eigenvalue weighted by molar-refractivity contribution is -0.141. The number of carboxylic acid groups (broad SMARTS) is 1. The summed E-state index contributed by atoms with van der Waals surface area (Å²) in [4.78, 5) is 29.1. The Labute approximate surface area is 136 Å². The molecule has 1 aliphatic rings. The first-order valence-electron chi connectivity index (χ1n) is 7.24. The van der Waals surface area contributed by atoms with Gasteiger partial charge in [0.2, 0.25) is 0 Å². The summed E-state index contributed by atoms with van der Waals surface area (Å²) in [7, 11) is 0. The largest absolute Gasteiger partial charge is 0.481 e. The van der Waals surface area contributed by atoms with E-state index in [-0.39, 0.29) is 18.3 Å². The normalized spacial score (nSPS) is 17.4. The third-order valence-corrected chi connectivity index (χ3v) is 4.74. The van der Waals surface area contributed by atoms with Crippen molar-refractivity contribution in [2.45, 2.75) is 12.8 Å². The van der Waals surface area contributed by atoms with Gasteiger partial charge in [0.15, 0.2) is 0 Å². The Hall–Kier alpha value is -2.28. The van der Waals surface area contributed by atoms with Crippen molar-refractivity contribution in [3.8, 4) is 0 Å². The van der Waals surface area contributed by atoms with Crippen LogP contribution >= 0.6 is 11.3 Å². The van der Waals surface area contributed by atoms with Gasteiger partial charge in [0.25, 0.3) is 5.91 Å². The van der Waals surface area contributed by atoms with E-state index < -0.39 is 11.9 Å². The van der Waals surface area contributed by atoms with Crippen molar-refractivity contribution < 1.29 is 19.1 Å². The van der Waals surface area contributed by atoms with Crippen LogP contribution in [-0.2, 0) is 11.2 Å². The highest BCUT2D eigenvalue weighted by Crippen LogP contribution is 2.21. The fraction of sp³-hybridized carbons (Fsp3) is 0.312. The first-order valence-corrected chi connectivity index (χ1v) is 8.12. The summed E-state index contributed by atoms with van der Waals surface area (Å²) in [5, 5.41) is 11.3. The molecule has 0 bridgehead atoms. The number of hydrogen-bond donors (Lipinski definition) is 1. The van der Waals surface area contributed by atoms with Crippen molar-refractivity contribution >= 4 is 23.2 Å². The molecule has 1 atom stereocenters. The summed E-state index contributed by atoms with van der Waals surface area (Å²) in [5.41, 5.74) is 0.834. The molecule has 7 heteroatoms. The highest BCUT2D eigenvalue weighted by Gasteiger charge is 2.32. The number of carboxylic acids is 1. The van der Waals surface area contributed by atoms with Crippen molar-refractivity contribution in [1.82, 2.24) is 9.88 Å². The molecule has 1 amide bonds. The Morgan fingerprint density at radius 1 is 1.39 bits per heavy atom. The maximum absolute atomic E-state index is 13.7. The molecule has 1 N–H and O–H groups in total. The quantitative estimate of drug-likeness (QED) is 0.932. The minimum Gasteiger partial charge on any atom is -0.481 e. The van der Waals surface area contributed by atoms with E-state index in [1.54, 1.807) is 23.6 Å². The van der Waals surface area contributed by atoms with Crippen LogP contribution in [-0.4, -0.2) is 40.0 Å². The van der Waals surface area contributed by atoms with Gasteiger partial charge in [-0.3, -0.25) is 9.59 Å². The van der Waals surface area contributed by atoms with Gasteiger partial charge in [-0.1, -0.05) is 18.2 Å². The van der Waals surface area contributed by atoms with Crippen LogP contribution in [0.5, 0.6) is 0 Å². The van der Waals surface area contributed by atoms with E-state index in [0.717, 1.165) is 0 Å². The molecule has 1 saturated heterocycles. The van der Waals surface area contributed by atoms with Crippen LogP contribution in [0.2, 0.25) is 0 Å². The Bertz CT molecular complexity index is 746. The minimum absolute atomic E-state index is 0.217. The van der Waals surface area contributed by atoms with Gasteiger partial charge < -0.3 is 10.0 Å². The van der Waals surface area contributed by atoms with Crippen molar-refractivity contribution in [2.75, 3.05) is 13.1 Å². The molecule has 1 aromatic carbocycles. The van der Waals surface area contributed by atoms with Crippen molar-refractivity contribution in [3.05, 3.63) is 51.7 Å². The van der Waals surface area contributed by atoms with Gasteiger partial charge in [-0.2, -0.15) is 0 Å². The van der Waals surface area contributed by atoms with Gasteiger partial charge in [-0.25, -0.2) is 9.37 Å². The third kappa shape index (κ3) is 3.39. The van der Waals surface area contributed by atoms with E-state index in [4.69, 9.17) is 5.11 Å². The van der Waals surface area contributed by atoms with Gasteiger partial charge in [-0.05, 0) is 18.1 Å². The fourth-order valence-corrected chi connectivity index (χ4v) is 3.39. The van der Waals surface area contributed by atoms with Gasteiger partial charge in [-0.15, -0.1) is 11.3 Å². The fourth-order valence-electron chi connectivity index (χ4n) is 2.60. The highest BCUT2D eigenvalue weighted by molar-refractivity contribution is 7.09. The molecule has 0 radical (unpaired) electrons. The summed E-state index contributed by atoms with van der Waals surface area (Å²) >= 11 is 1.31. The lowest BCUT2D eigenvalue weighted by Gasteiger charge is -2.13. The van der Waals surface area contributed by atoms with Crippen molar-refractivity contribution in [3.63, 3.8) is 0 Å². The molecule has 3 rings (SSSR count). The Morgan fingerprint density at radius 3 is 2.87 bits per heavy atom. The molecule has 0 aliphatic carbocycles. The molecule has 2 aromatic rings. The lowest BCUT2D eigenvalue weighted by Crippen LogP contribution is -2.30. The number of nitrogens with zero attached hydrogens (tertiary/aromatic N) is 2. The van der Waals surface area contributed by atoms with Gasteiger partial charge in [0.05, 0.1) is 10.9 Å². The second-order valence-electron chi connectivity index (χ2n) is 5.47. The van der Waals surface area contributed by atoms with E-state index in [1.165, 1.54) is 22.3 Å². The lowest BCUT2D eigenvalue weighted by atomic mass is 10.1. The topological polar surface area (TPSA) is 70.5 Å². The van der Waals surface area contributed by atoms with Gasteiger partial charge in [0.1, 0.15) is 11.5 Å². The third-order valence-electron chi connectivity index (χ3n) is 3.90. The average Bonchev–Trinajstić information content (AvgIpc) is 3.18. The monoisotopic (exact) mass is 334 g/mol. The zero-order valence-electron chi connectivity index (χ0n) is 12.2. The SMILES string of the molecule is O=C(O)C1CCN(C(=O)c2csc(Cc3ccccc3F)n2)C1. The summed E-state index contributed by atoms with van der Waals surface area (Å²) in [5.74, 6) is -1.93. The number of likely N-dealkylation sites (tertiary alicyclic amines) is 1. The van der Waals surface area contributed by atoms with Crippen LogP contribution in [0.3, 0.4) is 0 Å². The summed E-state index contributed by atoms with van der Waals surface area (Å²) in [6, 6.07) is 6.47. The molecule has 0 saturated carbocycles. The first-order chi connectivity index (χ1) is 11.0. The number of carbonyl (C=O) groups excluding carboxylic acids is 1. The number of carbonyl (C=O) groups is 2. The van der Waals surface area contributed by atoms with Gasteiger partial charge >= 0.3 is 5.97 Å². The standard InChI is InChI=1S/C16H15FN2O3S/c17-12-4-2-1-3-10(12)7-14-18-13(9-23-14)15(20)19-6-5-11(8-19)16(21)22/h1-4,9,11H,5-8H2,(H,21,22). The highest BCUT2D eigenvalue weighted by atomic mass is 32.1. The van der Waals surface area contributed by atoms with Crippen LogP contribution in [0.4, 0.5) is 4.39 Å². The van der Waals surface area contributed by atoms with Crippen LogP contribution in [0.15, 0.2) is 29.6 Å². The number of thiazole rings is 1. The summed E-state index contributed by atoms with van der Waals surface area (Å²) in [6.45, 7) is 0.643. The molecule has 1 unspecified atom stereocenters. The molecule has 0 spiro atoms. The number of amides is 1. The van der Waals surface area contributed by atoms with E-state index in [1.807, 2.05) is 0 Å². The Kier molecular flexibility index (Phi) is 4.38. The Balaban J connectivity index is 1.69. The maximum Gasteiger partial charge on any atom is 0.308 e. The first kappa shape index (κ1) is 15.6. The summed E-state index contributed by atoms with van der Waals surface area (Å²) in [6.07, 6.45) is 0.801. The van der Waals surface area contributed by atoms with Crippen LogP contribution in [0.1, 0.15) is 27.5 Å². The molecule has 5 nitrogen and oxygen atoms in total. The zero-order valence-corrected chi connectivity index (χ0v) is 13.1. The predicted molar refractivity (Wildman–Crippen MR) is 83.0 cm³/mol. The minimum atomic E-state index is -0.876. The van der Waals surface area contributed by atoms with Crippen molar-refractivity contribution in [1.29, 1.82) is 0 Å². The molecule has 120 valence electrons. The van der Waals surface area contributed by atoms with Crippen molar-refractivity contribution in [2.24, 2.45) is 5.92 Å². The molecule has 1 aromatic heterocycles. The summed E-state index contributed by atoms with van der Waals surface area (Å²) < 4.78 is 13.7. The zero-order chi connectivity index (χ0) is 16.4. The number of aliphatic carboxylic acids is 1. The molecular formula is C16H15FN2O3S. The number of benzene rings is 1. The van der Waals surface area contributed by atoms with Crippen LogP contribution in [0, 0.1) is 11.7 Å². The average molecular weight is 334 g/mol. The van der Waals surface area contributed by atoms with E-state index in [2.05, 4.69) is 4.98 Å². The molecule has 1 aliphatic heterocycles. The number of aromatic nitrogens is 1. The smallest absolute Gasteiger partial charge is 0.308 e. The number of hydrogen-bond acceptors (Lipinski definition) is 4. The second kappa shape index (κ2) is 6.45. The van der Waals surface area contributed by atoms with E-state index >= 15 is 0 Å². The van der Waals surface area contributed by atoms with E-state index in [9.17, 15) is 14.0 Å². The molecule has 2 heterocycles. The maximum atomic E-state index is 13.7. The van der Waals surface area contributed by atoms with Gasteiger partial charge in [0, 0.05) is 24.9 Å². The molecular weight excluding hydrogens is 319 g/mol. The van der Waals surface area contributed by atoms with E-state index in [0.29, 0.717) is 35.7 Å². The molecule has 23 heavy (non-hydrogen) atoms. The molecule has 1 fully saturated rings. The Morgan fingerprint density at radius 2 is 2.17 bits per heavy atom. The predicted octanol–water partition coefficient (Wildman–Crippen LogP) is 2.42. The second-order valence-corrected chi connectivity index (χ2v) is 6.41. The number of halogens is 1. The van der Waals surface area contributed by atoms with Crippen LogP contribution < -0.4 is 0 Å².